The minimum Gasteiger partial charge on any atom is -0.398 e. The van der Waals surface area contributed by atoms with Crippen LogP contribution in [0.15, 0.2) is 22.7 Å². The molecule has 1 aliphatic heterocycles. The van der Waals surface area contributed by atoms with E-state index in [0.717, 1.165) is 23.6 Å². The molecule has 0 aromatic heterocycles. The number of rotatable bonds is 3. The molecular weight excluding hydrogens is 358 g/mol. The second-order valence-corrected chi connectivity index (χ2v) is 7.91. The van der Waals surface area contributed by atoms with E-state index in [1.807, 2.05) is 0 Å². The van der Waals surface area contributed by atoms with Crippen molar-refractivity contribution in [2.45, 2.75) is 18.9 Å². The fraction of sp³-hybridized carbons (Fsp3) is 0.462. The highest BCUT2D eigenvalue weighted by molar-refractivity contribution is 9.10. The summed E-state index contributed by atoms with van der Waals surface area (Å²) >= 11 is 3.32. The number of nitrogens with zero attached hydrogens (tertiary/aromatic N) is 1. The number of hydrogen-bond acceptors (Lipinski definition) is 4. The summed E-state index contributed by atoms with van der Waals surface area (Å²) in [7, 11) is -3.27. The molecule has 0 radical (unpaired) electrons. The summed E-state index contributed by atoms with van der Waals surface area (Å²) in [6, 6.07) is 4.89. The average Bonchev–Trinajstić information content (AvgIpc) is 2.39. The normalized spacial score (nSPS) is 19.5. The van der Waals surface area contributed by atoms with Crippen LogP contribution in [0.2, 0.25) is 0 Å². The van der Waals surface area contributed by atoms with Crippen molar-refractivity contribution in [1.82, 2.24) is 9.62 Å². The maximum Gasteiger partial charge on any atom is 0.256 e. The van der Waals surface area contributed by atoms with Crippen molar-refractivity contribution >= 4 is 37.5 Å². The molecule has 1 aromatic rings. The first-order valence-corrected chi connectivity index (χ1v) is 9.26. The van der Waals surface area contributed by atoms with Gasteiger partial charge in [-0.05, 0) is 31.0 Å². The third-order valence-electron chi connectivity index (χ3n) is 3.34. The number of anilines is 1. The number of carbonyl (C=O) groups is 1. The second kappa shape index (κ2) is 6.33. The van der Waals surface area contributed by atoms with Crippen molar-refractivity contribution in [3.8, 4) is 0 Å². The molecule has 1 unspecified atom stereocenters. The van der Waals surface area contributed by atoms with Crippen LogP contribution in [0, 0.1) is 0 Å². The molecule has 1 aliphatic rings. The molecule has 0 aliphatic carbocycles. The monoisotopic (exact) mass is 375 g/mol. The van der Waals surface area contributed by atoms with Crippen molar-refractivity contribution < 1.29 is 13.2 Å². The van der Waals surface area contributed by atoms with Crippen molar-refractivity contribution in [3.05, 3.63) is 28.2 Å². The van der Waals surface area contributed by atoms with Crippen LogP contribution in [-0.2, 0) is 10.0 Å². The number of carbonyl (C=O) groups excluding carboxylic acids is 1. The quantitative estimate of drug-likeness (QED) is 0.775. The summed E-state index contributed by atoms with van der Waals surface area (Å²) < 4.78 is 25.9. The van der Waals surface area contributed by atoms with Crippen molar-refractivity contribution in [2.24, 2.45) is 0 Å². The Morgan fingerprint density at radius 2 is 2.19 bits per heavy atom. The number of benzene rings is 1. The van der Waals surface area contributed by atoms with Gasteiger partial charge in [0.15, 0.2) is 0 Å². The molecule has 2 rings (SSSR count). The van der Waals surface area contributed by atoms with E-state index in [2.05, 4.69) is 20.7 Å². The molecular formula is C13H18BrN3O3S. The number of nitrogens with two attached hydrogens (primary N) is 1. The van der Waals surface area contributed by atoms with E-state index in [1.54, 1.807) is 23.1 Å². The van der Waals surface area contributed by atoms with Gasteiger partial charge >= 0.3 is 0 Å². The van der Waals surface area contributed by atoms with Crippen LogP contribution in [0.4, 0.5) is 5.69 Å². The highest BCUT2D eigenvalue weighted by Gasteiger charge is 2.27. The topological polar surface area (TPSA) is 92.5 Å². The highest BCUT2D eigenvalue weighted by atomic mass is 79.9. The molecule has 0 saturated carbocycles. The molecule has 21 heavy (non-hydrogen) atoms. The Kier molecular flexibility index (Phi) is 4.90. The fourth-order valence-corrected chi connectivity index (χ4v) is 3.60. The number of amides is 1. The van der Waals surface area contributed by atoms with Crippen molar-refractivity contribution in [2.75, 3.05) is 25.1 Å². The SMILES string of the molecule is CS(=O)(=O)NC1CCCN(C(=O)c2cc(Br)ccc2N)C1. The molecule has 0 bridgehead atoms. The molecule has 116 valence electrons. The van der Waals surface area contributed by atoms with Gasteiger partial charge in [0.2, 0.25) is 10.0 Å². The van der Waals surface area contributed by atoms with E-state index in [1.165, 1.54) is 0 Å². The standard InChI is InChI=1S/C13H18BrN3O3S/c1-21(19,20)16-10-3-2-6-17(8-10)13(18)11-7-9(14)4-5-12(11)15/h4-5,7,10,16H,2-3,6,8,15H2,1H3. The second-order valence-electron chi connectivity index (χ2n) is 5.21. The van der Waals surface area contributed by atoms with Gasteiger partial charge in [0.05, 0.1) is 11.8 Å². The summed E-state index contributed by atoms with van der Waals surface area (Å²) in [5.74, 6) is -0.172. The lowest BCUT2D eigenvalue weighted by Gasteiger charge is -2.33. The van der Waals surface area contributed by atoms with Crippen LogP contribution in [0.5, 0.6) is 0 Å². The van der Waals surface area contributed by atoms with E-state index >= 15 is 0 Å². The smallest absolute Gasteiger partial charge is 0.256 e. The van der Waals surface area contributed by atoms with Gasteiger partial charge < -0.3 is 10.6 Å². The van der Waals surface area contributed by atoms with Crippen LogP contribution >= 0.6 is 15.9 Å². The van der Waals surface area contributed by atoms with Crippen molar-refractivity contribution in [3.63, 3.8) is 0 Å². The molecule has 1 aromatic carbocycles. The Morgan fingerprint density at radius 1 is 1.48 bits per heavy atom. The van der Waals surface area contributed by atoms with Crippen LogP contribution in [-0.4, -0.2) is 44.6 Å². The molecule has 1 amide bonds. The summed E-state index contributed by atoms with van der Waals surface area (Å²) in [6.45, 7) is 0.963. The van der Waals surface area contributed by atoms with Crippen LogP contribution in [0.1, 0.15) is 23.2 Å². The van der Waals surface area contributed by atoms with Gasteiger partial charge in [0, 0.05) is 29.3 Å². The zero-order chi connectivity index (χ0) is 15.6. The van der Waals surface area contributed by atoms with Crippen LogP contribution in [0.3, 0.4) is 0 Å². The molecule has 1 atom stereocenters. The van der Waals surface area contributed by atoms with E-state index in [0.29, 0.717) is 24.3 Å². The summed E-state index contributed by atoms with van der Waals surface area (Å²) in [4.78, 5) is 14.2. The third kappa shape index (κ3) is 4.42. The first-order chi connectivity index (χ1) is 9.76. The minimum atomic E-state index is -3.27. The highest BCUT2D eigenvalue weighted by Crippen LogP contribution is 2.22. The van der Waals surface area contributed by atoms with E-state index in [4.69, 9.17) is 5.73 Å². The number of piperidine rings is 1. The predicted octanol–water partition coefficient (Wildman–Crippen LogP) is 1.19. The molecule has 1 fully saturated rings. The van der Waals surface area contributed by atoms with Gasteiger partial charge in [-0.25, -0.2) is 13.1 Å². The van der Waals surface area contributed by atoms with E-state index in [-0.39, 0.29) is 11.9 Å². The zero-order valence-electron chi connectivity index (χ0n) is 11.7. The third-order valence-corrected chi connectivity index (χ3v) is 4.59. The summed E-state index contributed by atoms with van der Waals surface area (Å²) in [6.07, 6.45) is 2.61. The zero-order valence-corrected chi connectivity index (χ0v) is 14.1. The number of sulfonamides is 1. The summed E-state index contributed by atoms with van der Waals surface area (Å²) in [5, 5.41) is 0. The number of likely N-dealkylation sites (tertiary alicyclic amines) is 1. The maximum absolute atomic E-state index is 12.5. The maximum atomic E-state index is 12.5. The Hall–Kier alpha value is -1.12. The number of hydrogen-bond donors (Lipinski definition) is 2. The average molecular weight is 376 g/mol. The predicted molar refractivity (Wildman–Crippen MR) is 85.5 cm³/mol. The first-order valence-electron chi connectivity index (χ1n) is 6.58. The number of halogens is 1. The molecule has 1 heterocycles. The van der Waals surface area contributed by atoms with Gasteiger partial charge in [0.25, 0.3) is 5.91 Å². The lowest BCUT2D eigenvalue weighted by Crippen LogP contribution is -2.49. The Labute approximate surface area is 132 Å². The van der Waals surface area contributed by atoms with E-state index in [9.17, 15) is 13.2 Å². The Bertz CT molecular complexity index is 648. The Morgan fingerprint density at radius 3 is 2.86 bits per heavy atom. The van der Waals surface area contributed by atoms with Gasteiger partial charge in [-0.2, -0.15) is 0 Å². The van der Waals surface area contributed by atoms with Crippen molar-refractivity contribution in [1.29, 1.82) is 0 Å². The molecule has 8 heteroatoms. The van der Waals surface area contributed by atoms with Crippen LogP contribution in [0.25, 0.3) is 0 Å². The van der Waals surface area contributed by atoms with Gasteiger partial charge in [0.1, 0.15) is 0 Å². The Balaban J connectivity index is 2.14. The van der Waals surface area contributed by atoms with Gasteiger partial charge in [-0.15, -0.1) is 0 Å². The largest absolute Gasteiger partial charge is 0.398 e. The molecule has 1 saturated heterocycles. The number of nitrogen functional groups attached to an aromatic ring is 1. The fourth-order valence-electron chi connectivity index (χ4n) is 2.44. The number of nitrogens with one attached hydrogen (secondary N) is 1. The summed E-state index contributed by atoms with van der Waals surface area (Å²) in [5.41, 5.74) is 6.71. The first kappa shape index (κ1) is 16.3. The lowest BCUT2D eigenvalue weighted by molar-refractivity contribution is 0.0704. The lowest BCUT2D eigenvalue weighted by atomic mass is 10.0. The van der Waals surface area contributed by atoms with Crippen LogP contribution < -0.4 is 10.5 Å². The molecule has 3 N–H and O–H groups in total. The van der Waals surface area contributed by atoms with Gasteiger partial charge in [-0.1, -0.05) is 15.9 Å². The molecule has 6 nitrogen and oxygen atoms in total. The minimum absolute atomic E-state index is 0.172. The molecule has 0 spiro atoms. The van der Waals surface area contributed by atoms with E-state index < -0.39 is 10.0 Å². The van der Waals surface area contributed by atoms with Gasteiger partial charge in [-0.3, -0.25) is 4.79 Å².